The number of hydrogen-bond donors (Lipinski definition) is 3. The van der Waals surface area contributed by atoms with Crippen molar-refractivity contribution in [1.29, 1.82) is 0 Å². The van der Waals surface area contributed by atoms with Crippen molar-refractivity contribution in [3.8, 4) is 0 Å². The number of ether oxygens (including phenoxy) is 1. The van der Waals surface area contributed by atoms with E-state index in [1.807, 2.05) is 0 Å². The van der Waals surface area contributed by atoms with Crippen LogP contribution in [-0.2, 0) is 14.3 Å². The van der Waals surface area contributed by atoms with Crippen LogP contribution in [0, 0.1) is 0 Å². The van der Waals surface area contributed by atoms with Crippen LogP contribution < -0.4 is 5.32 Å². The van der Waals surface area contributed by atoms with Crippen molar-refractivity contribution >= 4 is 11.9 Å². The van der Waals surface area contributed by atoms with Crippen LogP contribution >= 0.6 is 0 Å². The van der Waals surface area contributed by atoms with Gasteiger partial charge in [0.05, 0.1) is 25.4 Å². The fourth-order valence-corrected chi connectivity index (χ4v) is 11.0. The Kier molecular flexibility index (Phi) is 62.4. The van der Waals surface area contributed by atoms with Crippen LogP contribution in [0.1, 0.15) is 393 Å². The number of aliphatic hydroxyl groups is 2. The third-order valence-corrected chi connectivity index (χ3v) is 16.2. The van der Waals surface area contributed by atoms with Crippen molar-refractivity contribution in [2.45, 2.75) is 405 Å². The molecule has 73 heavy (non-hydrogen) atoms. The molecule has 0 aromatic rings. The largest absolute Gasteiger partial charge is 0.466 e. The molecule has 0 aliphatic carbocycles. The molecule has 2 atom stereocenters. The highest BCUT2D eigenvalue weighted by molar-refractivity contribution is 5.76. The Hall–Kier alpha value is -1.14. The van der Waals surface area contributed by atoms with Gasteiger partial charge in [-0.15, -0.1) is 0 Å². The van der Waals surface area contributed by atoms with Gasteiger partial charge >= 0.3 is 5.97 Å². The Morgan fingerprint density at radius 1 is 0.329 bits per heavy atom. The minimum absolute atomic E-state index is 0.0154. The zero-order valence-corrected chi connectivity index (χ0v) is 49.9. The van der Waals surface area contributed by atoms with Gasteiger partial charge in [-0.2, -0.15) is 0 Å². The maximum Gasteiger partial charge on any atom is 0.305 e. The molecule has 0 aliphatic rings. The van der Waals surface area contributed by atoms with Crippen LogP contribution in [0.5, 0.6) is 0 Å². The summed E-state index contributed by atoms with van der Waals surface area (Å²) in [6, 6.07) is -0.543. The van der Waals surface area contributed by atoms with Gasteiger partial charge in [-0.05, 0) is 25.7 Å². The van der Waals surface area contributed by atoms with Gasteiger partial charge < -0.3 is 20.3 Å². The highest BCUT2D eigenvalue weighted by Gasteiger charge is 2.20. The van der Waals surface area contributed by atoms with Crippen LogP contribution in [0.3, 0.4) is 0 Å². The van der Waals surface area contributed by atoms with E-state index in [-0.39, 0.29) is 18.5 Å². The van der Waals surface area contributed by atoms with Gasteiger partial charge in [0, 0.05) is 12.8 Å². The molecule has 6 nitrogen and oxygen atoms in total. The molecule has 0 saturated carbocycles. The van der Waals surface area contributed by atoms with E-state index in [0.29, 0.717) is 25.9 Å². The number of carbonyl (C=O) groups is 2. The van der Waals surface area contributed by atoms with E-state index in [1.54, 1.807) is 0 Å². The number of nitrogens with one attached hydrogen (secondary N) is 1. The van der Waals surface area contributed by atoms with Crippen LogP contribution in [0.2, 0.25) is 0 Å². The summed E-state index contributed by atoms with van der Waals surface area (Å²) in [5.74, 6) is -0.0178. The predicted molar refractivity (Wildman–Crippen MR) is 320 cm³/mol. The first-order valence-corrected chi connectivity index (χ1v) is 33.8. The van der Waals surface area contributed by atoms with E-state index in [0.717, 1.165) is 38.5 Å². The van der Waals surface area contributed by atoms with Crippen LogP contribution in [0.25, 0.3) is 0 Å². The lowest BCUT2D eigenvalue weighted by atomic mass is 10.0. The SMILES string of the molecule is CCCCCCCCCCCCCCCCCCCCCC(=O)OCCCCCCCCCCCCCCCCCCCCCC(=O)NC(CO)C(O)CCCCCCCCCCCCCCCCCCCC. The highest BCUT2D eigenvalue weighted by atomic mass is 16.5. The number of amides is 1. The van der Waals surface area contributed by atoms with Crippen LogP contribution in [0.15, 0.2) is 0 Å². The Balaban J connectivity index is 3.36. The Bertz CT molecular complexity index is 1050. The molecular weight excluding hydrogens is 899 g/mol. The van der Waals surface area contributed by atoms with Gasteiger partial charge in [0.15, 0.2) is 0 Å². The summed E-state index contributed by atoms with van der Waals surface area (Å²) in [7, 11) is 0. The van der Waals surface area contributed by atoms with Gasteiger partial charge in [-0.25, -0.2) is 0 Å². The monoisotopic (exact) mass is 1030 g/mol. The van der Waals surface area contributed by atoms with E-state index in [2.05, 4.69) is 19.2 Å². The molecule has 0 aromatic heterocycles. The van der Waals surface area contributed by atoms with Crippen molar-refractivity contribution in [3.63, 3.8) is 0 Å². The first-order valence-electron chi connectivity index (χ1n) is 33.8. The maximum absolute atomic E-state index is 12.5. The van der Waals surface area contributed by atoms with Crippen molar-refractivity contribution in [2.24, 2.45) is 0 Å². The normalized spacial score (nSPS) is 12.4. The number of rotatable bonds is 64. The molecule has 0 heterocycles. The number of carbonyl (C=O) groups excluding carboxylic acids is 2. The fraction of sp³-hybridized carbons (Fsp3) is 0.970. The summed E-state index contributed by atoms with van der Waals surface area (Å²) in [4.78, 5) is 24.6. The molecule has 0 radical (unpaired) electrons. The molecule has 0 fully saturated rings. The summed E-state index contributed by atoms with van der Waals surface area (Å²) in [5.41, 5.74) is 0. The lowest BCUT2D eigenvalue weighted by molar-refractivity contribution is -0.143. The van der Waals surface area contributed by atoms with Crippen LogP contribution in [0.4, 0.5) is 0 Å². The summed E-state index contributed by atoms with van der Waals surface area (Å²) < 4.78 is 5.51. The van der Waals surface area contributed by atoms with Gasteiger partial charge in [0.25, 0.3) is 0 Å². The molecule has 0 aromatic carbocycles. The second-order valence-electron chi connectivity index (χ2n) is 23.5. The quantitative estimate of drug-likeness (QED) is 0.0417. The molecule has 0 bridgehead atoms. The lowest BCUT2D eigenvalue weighted by Gasteiger charge is -2.22. The number of hydrogen-bond acceptors (Lipinski definition) is 5. The van der Waals surface area contributed by atoms with Crippen molar-refractivity contribution < 1.29 is 24.5 Å². The van der Waals surface area contributed by atoms with Crippen molar-refractivity contribution in [3.05, 3.63) is 0 Å². The van der Waals surface area contributed by atoms with Gasteiger partial charge in [0.2, 0.25) is 5.91 Å². The number of esters is 1. The zero-order chi connectivity index (χ0) is 52.9. The maximum atomic E-state index is 12.5. The third kappa shape index (κ3) is 60.0. The molecule has 0 saturated heterocycles. The van der Waals surface area contributed by atoms with Crippen molar-refractivity contribution in [2.75, 3.05) is 13.2 Å². The minimum Gasteiger partial charge on any atom is -0.466 e. The summed E-state index contributed by atoms with van der Waals surface area (Å²) >= 11 is 0. The molecule has 436 valence electrons. The van der Waals surface area contributed by atoms with E-state index in [1.165, 1.54) is 321 Å². The molecule has 3 N–H and O–H groups in total. The molecule has 0 rings (SSSR count). The topological polar surface area (TPSA) is 95.9 Å². The van der Waals surface area contributed by atoms with E-state index in [4.69, 9.17) is 4.74 Å². The molecular formula is C67H133NO5. The predicted octanol–water partition coefficient (Wildman–Crippen LogP) is 21.4. The molecule has 2 unspecified atom stereocenters. The van der Waals surface area contributed by atoms with Crippen molar-refractivity contribution in [1.82, 2.24) is 5.32 Å². The summed E-state index contributed by atoms with van der Waals surface area (Å²) in [6.45, 7) is 5.00. The van der Waals surface area contributed by atoms with Crippen LogP contribution in [-0.4, -0.2) is 47.4 Å². The van der Waals surface area contributed by atoms with E-state index >= 15 is 0 Å². The highest BCUT2D eigenvalue weighted by Crippen LogP contribution is 2.19. The minimum atomic E-state index is -0.666. The molecule has 6 heteroatoms. The number of unbranched alkanes of at least 4 members (excludes halogenated alkanes) is 53. The molecule has 0 spiro atoms. The van der Waals surface area contributed by atoms with Gasteiger partial charge in [0.1, 0.15) is 0 Å². The average Bonchev–Trinajstić information content (AvgIpc) is 3.39. The second kappa shape index (κ2) is 63.4. The van der Waals surface area contributed by atoms with E-state index < -0.39 is 12.1 Å². The Labute approximate surface area is 457 Å². The average molecular weight is 1030 g/mol. The van der Waals surface area contributed by atoms with Gasteiger partial charge in [-0.1, -0.05) is 354 Å². The second-order valence-corrected chi connectivity index (χ2v) is 23.5. The summed E-state index contributed by atoms with van der Waals surface area (Å²) in [6.07, 6.45) is 75.6. The zero-order valence-electron chi connectivity index (χ0n) is 49.9. The van der Waals surface area contributed by atoms with E-state index in [9.17, 15) is 19.8 Å². The Morgan fingerprint density at radius 3 is 0.836 bits per heavy atom. The third-order valence-electron chi connectivity index (χ3n) is 16.2. The fourth-order valence-electron chi connectivity index (χ4n) is 11.0. The molecule has 0 aliphatic heterocycles. The summed E-state index contributed by atoms with van der Waals surface area (Å²) in [5, 5.41) is 23.4. The number of aliphatic hydroxyl groups excluding tert-OH is 2. The smallest absolute Gasteiger partial charge is 0.305 e. The Morgan fingerprint density at radius 2 is 0.562 bits per heavy atom. The lowest BCUT2D eigenvalue weighted by Crippen LogP contribution is -2.45. The first kappa shape index (κ1) is 71.9. The standard InChI is InChI=1S/C67H133NO5/c1-3-5-7-9-11-13-15-17-19-21-24-29-33-37-41-45-49-53-57-61-67(72)73-62-58-54-50-46-42-38-34-30-26-23-25-28-32-36-40-44-48-52-56-60-66(71)68-64(63-69)65(70)59-55-51-47-43-39-35-31-27-22-20-18-16-14-12-10-8-6-4-2/h64-65,69-70H,3-63H2,1-2H3,(H,68,71). The van der Waals surface area contributed by atoms with Gasteiger partial charge in [-0.3, -0.25) is 9.59 Å². The molecule has 1 amide bonds. The first-order chi connectivity index (χ1) is 36.0.